The van der Waals surface area contributed by atoms with Gasteiger partial charge < -0.3 is 25.6 Å². The predicted molar refractivity (Wildman–Crippen MR) is 65.4 cm³/mol. The number of nitrogens with one attached hydrogen (secondary N) is 2. The van der Waals surface area contributed by atoms with Crippen LogP contribution in [0.1, 0.15) is 20.3 Å². The molecule has 0 aliphatic heterocycles. The van der Waals surface area contributed by atoms with Crippen molar-refractivity contribution in [3.63, 3.8) is 0 Å². The van der Waals surface area contributed by atoms with Gasteiger partial charge in [0.25, 0.3) is 0 Å². The number of urea groups is 1. The molecule has 1 unspecified atom stereocenters. The van der Waals surface area contributed by atoms with Crippen LogP contribution in [0.3, 0.4) is 0 Å². The predicted octanol–water partition coefficient (Wildman–Crippen LogP) is -0.681. The standard InChI is InChI=1S/C11H20N2O6/c1-6(2)8(10(17)19-3)13-11(18)12-5-4-7(14)9(15)16/h6-8,14H,4-5H2,1-3H3,(H,15,16)(H2,12,13,18)/t7-,8?/m0/s1. The number of carboxylic acid groups (broad SMARTS) is 1. The number of hydrogen-bond acceptors (Lipinski definition) is 5. The molecule has 0 saturated heterocycles. The largest absolute Gasteiger partial charge is 0.479 e. The number of carbonyl (C=O) groups excluding carboxylic acids is 2. The van der Waals surface area contributed by atoms with Gasteiger partial charge in [-0.1, -0.05) is 13.8 Å². The number of aliphatic hydroxyl groups excluding tert-OH is 1. The van der Waals surface area contributed by atoms with Crippen LogP contribution in [0.2, 0.25) is 0 Å². The van der Waals surface area contributed by atoms with E-state index in [9.17, 15) is 14.4 Å². The van der Waals surface area contributed by atoms with E-state index in [2.05, 4.69) is 15.4 Å². The third-order valence-corrected chi connectivity index (χ3v) is 2.40. The van der Waals surface area contributed by atoms with Crippen LogP contribution >= 0.6 is 0 Å². The number of amides is 2. The minimum atomic E-state index is -1.53. The number of rotatable bonds is 7. The van der Waals surface area contributed by atoms with E-state index in [0.717, 1.165) is 0 Å². The van der Waals surface area contributed by atoms with Crippen molar-refractivity contribution in [1.29, 1.82) is 0 Å². The number of aliphatic carboxylic acids is 1. The van der Waals surface area contributed by atoms with Gasteiger partial charge >= 0.3 is 18.0 Å². The van der Waals surface area contributed by atoms with Gasteiger partial charge in [-0.05, 0) is 5.92 Å². The Labute approximate surface area is 111 Å². The van der Waals surface area contributed by atoms with Crippen LogP contribution in [0.4, 0.5) is 4.79 Å². The normalized spacial score (nSPS) is 13.5. The highest BCUT2D eigenvalue weighted by Crippen LogP contribution is 2.03. The quantitative estimate of drug-likeness (QED) is 0.456. The van der Waals surface area contributed by atoms with Crippen molar-refractivity contribution >= 4 is 18.0 Å². The van der Waals surface area contributed by atoms with Crippen LogP contribution in [-0.2, 0) is 14.3 Å². The van der Waals surface area contributed by atoms with Gasteiger partial charge in [-0.3, -0.25) is 0 Å². The molecular weight excluding hydrogens is 256 g/mol. The molecule has 0 saturated carbocycles. The van der Waals surface area contributed by atoms with Crippen molar-refractivity contribution < 1.29 is 29.3 Å². The topological polar surface area (TPSA) is 125 Å². The van der Waals surface area contributed by atoms with E-state index in [0.29, 0.717) is 0 Å². The van der Waals surface area contributed by atoms with E-state index in [4.69, 9.17) is 10.2 Å². The van der Waals surface area contributed by atoms with Gasteiger partial charge in [0.15, 0.2) is 6.10 Å². The first-order valence-corrected chi connectivity index (χ1v) is 5.82. The second-order valence-electron chi connectivity index (χ2n) is 4.29. The Morgan fingerprint density at radius 1 is 1.26 bits per heavy atom. The lowest BCUT2D eigenvalue weighted by atomic mass is 10.1. The Balaban J connectivity index is 4.14. The smallest absolute Gasteiger partial charge is 0.332 e. The number of hydrogen-bond donors (Lipinski definition) is 4. The number of ether oxygens (including phenoxy) is 1. The zero-order valence-electron chi connectivity index (χ0n) is 11.2. The molecule has 8 heteroatoms. The Morgan fingerprint density at radius 3 is 2.26 bits per heavy atom. The van der Waals surface area contributed by atoms with E-state index in [-0.39, 0.29) is 18.9 Å². The lowest BCUT2D eigenvalue weighted by Gasteiger charge is -2.20. The Morgan fingerprint density at radius 2 is 1.84 bits per heavy atom. The van der Waals surface area contributed by atoms with Gasteiger partial charge in [0.05, 0.1) is 7.11 Å². The fourth-order valence-electron chi connectivity index (χ4n) is 1.26. The number of carboxylic acids is 1. The van der Waals surface area contributed by atoms with Crippen LogP contribution in [0.5, 0.6) is 0 Å². The minimum absolute atomic E-state index is 0.0225. The number of esters is 1. The van der Waals surface area contributed by atoms with E-state index < -0.39 is 30.1 Å². The lowest BCUT2D eigenvalue weighted by molar-refractivity contribution is -0.146. The summed E-state index contributed by atoms with van der Waals surface area (Å²) in [5.74, 6) is -2.06. The monoisotopic (exact) mass is 276 g/mol. The number of methoxy groups -OCH3 is 1. The highest BCUT2D eigenvalue weighted by atomic mass is 16.5. The zero-order chi connectivity index (χ0) is 15.0. The Kier molecular flexibility index (Phi) is 7.50. The maximum atomic E-state index is 11.5. The molecule has 0 aliphatic carbocycles. The minimum Gasteiger partial charge on any atom is -0.479 e. The average molecular weight is 276 g/mol. The maximum Gasteiger partial charge on any atom is 0.332 e. The second kappa shape index (κ2) is 8.30. The molecule has 0 aromatic carbocycles. The fourth-order valence-corrected chi connectivity index (χ4v) is 1.26. The molecule has 19 heavy (non-hydrogen) atoms. The summed E-state index contributed by atoms with van der Waals surface area (Å²) in [4.78, 5) is 33.2. The Hall–Kier alpha value is -1.83. The molecular formula is C11H20N2O6. The van der Waals surface area contributed by atoms with Crippen molar-refractivity contribution in [1.82, 2.24) is 10.6 Å². The summed E-state index contributed by atoms with van der Waals surface area (Å²) in [5, 5.41) is 22.2. The first-order valence-electron chi connectivity index (χ1n) is 5.82. The molecule has 0 rings (SSSR count). The summed E-state index contributed by atoms with van der Waals surface area (Å²) < 4.78 is 4.55. The third kappa shape index (κ3) is 6.61. The summed E-state index contributed by atoms with van der Waals surface area (Å²) >= 11 is 0. The number of carbonyl (C=O) groups is 3. The summed E-state index contributed by atoms with van der Waals surface area (Å²) in [6.45, 7) is 3.47. The van der Waals surface area contributed by atoms with Crippen molar-refractivity contribution in [2.75, 3.05) is 13.7 Å². The van der Waals surface area contributed by atoms with Gasteiger partial charge in [-0.15, -0.1) is 0 Å². The van der Waals surface area contributed by atoms with Crippen LogP contribution in [0.15, 0.2) is 0 Å². The average Bonchev–Trinajstić information content (AvgIpc) is 2.34. The van der Waals surface area contributed by atoms with Crippen molar-refractivity contribution in [2.24, 2.45) is 5.92 Å². The molecule has 4 N–H and O–H groups in total. The van der Waals surface area contributed by atoms with Gasteiger partial charge in [0.2, 0.25) is 0 Å². The first-order chi connectivity index (χ1) is 8.79. The van der Waals surface area contributed by atoms with Crippen LogP contribution in [0, 0.1) is 5.92 Å². The Bertz CT molecular complexity index is 331. The van der Waals surface area contributed by atoms with E-state index in [1.54, 1.807) is 13.8 Å². The third-order valence-electron chi connectivity index (χ3n) is 2.40. The molecule has 8 nitrogen and oxygen atoms in total. The molecule has 0 aliphatic rings. The SMILES string of the molecule is COC(=O)C(NC(=O)NCC[C@H](O)C(=O)O)C(C)C. The zero-order valence-corrected chi connectivity index (χ0v) is 11.2. The van der Waals surface area contributed by atoms with Gasteiger partial charge in [-0.2, -0.15) is 0 Å². The fraction of sp³-hybridized carbons (Fsp3) is 0.727. The van der Waals surface area contributed by atoms with Crippen LogP contribution < -0.4 is 10.6 Å². The van der Waals surface area contributed by atoms with Crippen LogP contribution in [0.25, 0.3) is 0 Å². The van der Waals surface area contributed by atoms with Crippen molar-refractivity contribution in [2.45, 2.75) is 32.4 Å². The number of aliphatic hydroxyl groups is 1. The molecule has 0 aromatic heterocycles. The molecule has 0 heterocycles. The van der Waals surface area contributed by atoms with E-state index in [1.165, 1.54) is 7.11 Å². The summed E-state index contributed by atoms with van der Waals surface area (Å²) in [7, 11) is 1.22. The molecule has 2 amide bonds. The first kappa shape index (κ1) is 17.2. The highest BCUT2D eigenvalue weighted by Gasteiger charge is 2.24. The van der Waals surface area contributed by atoms with Crippen molar-refractivity contribution in [3.05, 3.63) is 0 Å². The van der Waals surface area contributed by atoms with E-state index >= 15 is 0 Å². The molecule has 110 valence electrons. The summed E-state index contributed by atoms with van der Waals surface area (Å²) in [6.07, 6.45) is -1.64. The van der Waals surface area contributed by atoms with Gasteiger partial charge in [-0.25, -0.2) is 14.4 Å². The van der Waals surface area contributed by atoms with Crippen molar-refractivity contribution in [3.8, 4) is 0 Å². The highest BCUT2D eigenvalue weighted by molar-refractivity contribution is 5.83. The molecule has 0 radical (unpaired) electrons. The molecule has 2 atom stereocenters. The second-order valence-corrected chi connectivity index (χ2v) is 4.29. The summed E-state index contributed by atoms with van der Waals surface area (Å²) in [5.41, 5.74) is 0. The molecule has 0 bridgehead atoms. The lowest BCUT2D eigenvalue weighted by Crippen LogP contribution is -2.49. The van der Waals surface area contributed by atoms with E-state index in [1.807, 2.05) is 0 Å². The molecule has 0 aromatic rings. The maximum absolute atomic E-state index is 11.5. The van der Waals surface area contributed by atoms with Gasteiger partial charge in [0, 0.05) is 13.0 Å². The summed E-state index contributed by atoms with van der Waals surface area (Å²) in [6, 6.07) is -1.41. The van der Waals surface area contributed by atoms with Crippen LogP contribution in [-0.4, -0.2) is 54.0 Å². The van der Waals surface area contributed by atoms with Gasteiger partial charge in [0.1, 0.15) is 6.04 Å². The molecule has 0 spiro atoms. The molecule has 0 fully saturated rings.